The maximum Gasteiger partial charge on any atom is 0.164 e. The average molecular weight is 295 g/mol. The molecule has 5 heteroatoms. The molecule has 2 aromatic carbocycles. The van der Waals surface area contributed by atoms with Crippen LogP contribution >= 0.6 is 11.3 Å². The fraction of sp³-hybridized carbons (Fsp3) is 0. The van der Waals surface area contributed by atoms with Gasteiger partial charge in [-0.15, -0.1) is 10.2 Å². The van der Waals surface area contributed by atoms with Gasteiger partial charge in [-0.3, -0.25) is 0 Å². The van der Waals surface area contributed by atoms with Crippen LogP contribution in [-0.2, 0) is 0 Å². The summed E-state index contributed by atoms with van der Waals surface area (Å²) in [5.41, 5.74) is 2.89. The highest BCUT2D eigenvalue weighted by Gasteiger charge is 2.10. The van der Waals surface area contributed by atoms with Gasteiger partial charge in [-0.05, 0) is 36.4 Å². The SMILES string of the molecule is Fc1ccc(-c2nnc(-c3cc4ccccc4[nH]3)s2)cc1. The van der Waals surface area contributed by atoms with Crippen molar-refractivity contribution < 1.29 is 4.39 Å². The van der Waals surface area contributed by atoms with Crippen molar-refractivity contribution in [2.45, 2.75) is 0 Å². The van der Waals surface area contributed by atoms with Crippen molar-refractivity contribution in [1.82, 2.24) is 15.2 Å². The van der Waals surface area contributed by atoms with E-state index in [2.05, 4.69) is 27.3 Å². The smallest absolute Gasteiger partial charge is 0.164 e. The first-order chi connectivity index (χ1) is 10.3. The van der Waals surface area contributed by atoms with Crippen LogP contribution in [-0.4, -0.2) is 15.2 Å². The first-order valence-electron chi connectivity index (χ1n) is 6.47. The predicted molar refractivity (Wildman–Crippen MR) is 82.6 cm³/mol. The van der Waals surface area contributed by atoms with Crippen molar-refractivity contribution in [3.8, 4) is 21.3 Å². The molecule has 0 unspecified atom stereocenters. The van der Waals surface area contributed by atoms with E-state index in [4.69, 9.17) is 0 Å². The van der Waals surface area contributed by atoms with Crippen LogP contribution in [0.15, 0.2) is 54.6 Å². The first kappa shape index (κ1) is 12.2. The van der Waals surface area contributed by atoms with E-state index in [-0.39, 0.29) is 5.82 Å². The van der Waals surface area contributed by atoms with Crippen molar-refractivity contribution in [3.63, 3.8) is 0 Å². The second-order valence-electron chi connectivity index (χ2n) is 4.69. The molecule has 0 amide bonds. The van der Waals surface area contributed by atoms with Crippen molar-refractivity contribution >= 4 is 22.2 Å². The Morgan fingerprint density at radius 3 is 2.48 bits per heavy atom. The lowest BCUT2D eigenvalue weighted by Crippen LogP contribution is -1.78. The molecular weight excluding hydrogens is 285 g/mol. The molecule has 3 nitrogen and oxygen atoms in total. The number of fused-ring (bicyclic) bond motifs is 1. The number of H-pyrrole nitrogens is 1. The summed E-state index contributed by atoms with van der Waals surface area (Å²) < 4.78 is 13.0. The minimum Gasteiger partial charge on any atom is -0.353 e. The molecule has 0 atom stereocenters. The van der Waals surface area contributed by atoms with Crippen LogP contribution in [0.2, 0.25) is 0 Å². The Morgan fingerprint density at radius 2 is 1.67 bits per heavy atom. The molecular formula is C16H10FN3S. The topological polar surface area (TPSA) is 41.6 Å². The monoisotopic (exact) mass is 295 g/mol. The number of hydrogen-bond acceptors (Lipinski definition) is 3. The van der Waals surface area contributed by atoms with Gasteiger partial charge in [-0.25, -0.2) is 4.39 Å². The van der Waals surface area contributed by atoms with Gasteiger partial charge < -0.3 is 4.98 Å². The lowest BCUT2D eigenvalue weighted by molar-refractivity contribution is 0.628. The summed E-state index contributed by atoms with van der Waals surface area (Å²) in [5.74, 6) is -0.251. The molecule has 102 valence electrons. The molecule has 0 bridgehead atoms. The van der Waals surface area contributed by atoms with E-state index in [0.717, 1.165) is 32.2 Å². The Bertz CT molecular complexity index is 876. The van der Waals surface area contributed by atoms with Crippen LogP contribution in [0.25, 0.3) is 32.2 Å². The maximum atomic E-state index is 13.0. The number of nitrogens with one attached hydrogen (secondary N) is 1. The zero-order valence-corrected chi connectivity index (χ0v) is 11.7. The lowest BCUT2D eigenvalue weighted by Gasteiger charge is -1.93. The van der Waals surface area contributed by atoms with Crippen molar-refractivity contribution in [2.75, 3.05) is 0 Å². The Balaban J connectivity index is 1.75. The molecule has 0 saturated carbocycles. The summed E-state index contributed by atoms with van der Waals surface area (Å²) in [7, 11) is 0. The molecule has 0 radical (unpaired) electrons. The van der Waals surface area contributed by atoms with Crippen LogP contribution in [0.3, 0.4) is 0 Å². The second kappa shape index (κ2) is 4.79. The maximum absolute atomic E-state index is 13.0. The lowest BCUT2D eigenvalue weighted by atomic mass is 10.2. The van der Waals surface area contributed by atoms with Gasteiger partial charge in [0.15, 0.2) is 5.01 Å². The van der Waals surface area contributed by atoms with Crippen LogP contribution in [0.1, 0.15) is 0 Å². The number of para-hydroxylation sites is 1. The molecule has 2 heterocycles. The highest BCUT2D eigenvalue weighted by molar-refractivity contribution is 7.17. The number of benzene rings is 2. The van der Waals surface area contributed by atoms with Gasteiger partial charge in [0.2, 0.25) is 0 Å². The van der Waals surface area contributed by atoms with Crippen molar-refractivity contribution in [2.24, 2.45) is 0 Å². The largest absolute Gasteiger partial charge is 0.353 e. The van der Waals surface area contributed by atoms with E-state index in [1.807, 2.05) is 18.2 Å². The standard InChI is InChI=1S/C16H10FN3S/c17-12-7-5-10(6-8-12)15-19-20-16(21-15)14-9-11-3-1-2-4-13(11)18-14/h1-9,18H. The molecule has 1 N–H and O–H groups in total. The zero-order chi connectivity index (χ0) is 14.2. The van der Waals surface area contributed by atoms with E-state index in [1.54, 1.807) is 12.1 Å². The number of rotatable bonds is 2. The quantitative estimate of drug-likeness (QED) is 0.592. The first-order valence-corrected chi connectivity index (χ1v) is 7.29. The van der Waals surface area contributed by atoms with E-state index < -0.39 is 0 Å². The molecule has 0 aliphatic rings. The van der Waals surface area contributed by atoms with E-state index in [0.29, 0.717) is 0 Å². The van der Waals surface area contributed by atoms with Gasteiger partial charge in [0.1, 0.15) is 10.8 Å². The van der Waals surface area contributed by atoms with Crippen LogP contribution in [0.4, 0.5) is 4.39 Å². The molecule has 4 rings (SSSR count). The van der Waals surface area contributed by atoms with Crippen molar-refractivity contribution in [1.29, 1.82) is 0 Å². The summed E-state index contributed by atoms with van der Waals surface area (Å²) in [6, 6.07) is 16.4. The molecule has 2 aromatic heterocycles. The third-order valence-corrected chi connectivity index (χ3v) is 4.28. The normalized spacial score (nSPS) is 11.1. The number of hydrogen-bond donors (Lipinski definition) is 1. The van der Waals surface area contributed by atoms with Gasteiger partial charge >= 0.3 is 0 Å². The molecule has 0 aliphatic heterocycles. The van der Waals surface area contributed by atoms with Gasteiger partial charge in [0.05, 0.1) is 5.69 Å². The molecule has 21 heavy (non-hydrogen) atoms. The van der Waals surface area contributed by atoms with Crippen molar-refractivity contribution in [3.05, 3.63) is 60.4 Å². The zero-order valence-electron chi connectivity index (χ0n) is 10.9. The van der Waals surface area contributed by atoms with E-state index >= 15 is 0 Å². The Hall–Kier alpha value is -2.53. The summed E-state index contributed by atoms with van der Waals surface area (Å²) in [4.78, 5) is 3.33. The third kappa shape index (κ3) is 2.21. The molecule has 4 aromatic rings. The molecule has 0 saturated heterocycles. The van der Waals surface area contributed by atoms with E-state index in [1.165, 1.54) is 23.5 Å². The summed E-state index contributed by atoms with van der Waals surface area (Å²) in [6.07, 6.45) is 0. The minimum absolute atomic E-state index is 0.251. The van der Waals surface area contributed by atoms with Gasteiger partial charge in [-0.1, -0.05) is 29.5 Å². The van der Waals surface area contributed by atoms with Gasteiger partial charge in [0, 0.05) is 16.5 Å². The van der Waals surface area contributed by atoms with E-state index in [9.17, 15) is 4.39 Å². The Kier molecular flexibility index (Phi) is 2.79. The third-order valence-electron chi connectivity index (χ3n) is 3.28. The van der Waals surface area contributed by atoms with Crippen LogP contribution in [0.5, 0.6) is 0 Å². The van der Waals surface area contributed by atoms with Gasteiger partial charge in [-0.2, -0.15) is 0 Å². The Labute approximate surface area is 124 Å². The second-order valence-corrected chi connectivity index (χ2v) is 5.67. The Morgan fingerprint density at radius 1 is 0.905 bits per heavy atom. The summed E-state index contributed by atoms with van der Waals surface area (Å²) in [5, 5.41) is 11.2. The van der Waals surface area contributed by atoms with Crippen LogP contribution in [0, 0.1) is 5.82 Å². The number of halogens is 1. The fourth-order valence-corrected chi connectivity index (χ4v) is 3.05. The minimum atomic E-state index is -0.251. The molecule has 0 fully saturated rings. The highest BCUT2D eigenvalue weighted by atomic mass is 32.1. The average Bonchev–Trinajstić information content (AvgIpc) is 3.14. The predicted octanol–water partition coefficient (Wildman–Crippen LogP) is 4.49. The van der Waals surface area contributed by atoms with Crippen LogP contribution < -0.4 is 0 Å². The highest BCUT2D eigenvalue weighted by Crippen LogP contribution is 2.31. The summed E-state index contributed by atoms with van der Waals surface area (Å²) >= 11 is 1.48. The number of aromatic nitrogens is 3. The van der Waals surface area contributed by atoms with Gasteiger partial charge in [0.25, 0.3) is 0 Å². The molecule has 0 spiro atoms. The number of aromatic amines is 1. The summed E-state index contributed by atoms with van der Waals surface area (Å²) in [6.45, 7) is 0. The molecule has 0 aliphatic carbocycles. The fourth-order valence-electron chi connectivity index (χ4n) is 2.23. The number of nitrogens with zero attached hydrogens (tertiary/aromatic N) is 2.